The van der Waals surface area contributed by atoms with Gasteiger partial charge in [0.05, 0.1) is 5.56 Å². The van der Waals surface area contributed by atoms with Crippen LogP contribution in [0.1, 0.15) is 62.2 Å². The van der Waals surface area contributed by atoms with Crippen LogP contribution in [-0.2, 0) is 4.79 Å². The second-order valence-corrected chi connectivity index (χ2v) is 10.5. The second-order valence-electron chi connectivity index (χ2n) is 10.5. The minimum absolute atomic E-state index is 0.0178. The highest BCUT2D eigenvalue weighted by Crippen LogP contribution is 2.57. The third kappa shape index (κ3) is 5.68. The van der Waals surface area contributed by atoms with E-state index in [1.165, 1.54) is 11.6 Å². The molecule has 0 bridgehead atoms. The number of halogens is 3. The van der Waals surface area contributed by atoms with Crippen LogP contribution >= 0.6 is 0 Å². The van der Waals surface area contributed by atoms with Crippen LogP contribution in [0.5, 0.6) is 5.75 Å². The van der Waals surface area contributed by atoms with Crippen LogP contribution in [0.25, 0.3) is 10.8 Å². The molecule has 0 aromatic heterocycles. The summed E-state index contributed by atoms with van der Waals surface area (Å²) < 4.78 is 46.2. The van der Waals surface area contributed by atoms with Crippen molar-refractivity contribution in [2.24, 2.45) is 17.3 Å². The van der Waals surface area contributed by atoms with E-state index in [9.17, 15) is 27.9 Å². The highest BCUT2D eigenvalue weighted by Gasteiger charge is 2.64. The lowest BCUT2D eigenvalue weighted by Crippen LogP contribution is -2.41. The molecule has 2 aromatic rings. The number of carbonyl (C=O) groups is 2. The molecule has 1 amide bonds. The first-order valence-electron chi connectivity index (χ1n) is 12.4. The number of carboxylic acids is 1. The summed E-state index contributed by atoms with van der Waals surface area (Å²) in [5.41, 5.74) is -0.708. The van der Waals surface area contributed by atoms with Gasteiger partial charge in [0.25, 0.3) is 5.91 Å². The lowest BCUT2D eigenvalue weighted by Gasteiger charge is -2.29. The first kappa shape index (κ1) is 26.0. The molecule has 4 rings (SSSR count). The summed E-state index contributed by atoms with van der Waals surface area (Å²) >= 11 is 0. The van der Waals surface area contributed by atoms with E-state index in [0.29, 0.717) is 29.0 Å². The summed E-state index contributed by atoms with van der Waals surface area (Å²) in [4.78, 5) is 25.2. The fourth-order valence-electron chi connectivity index (χ4n) is 5.28. The van der Waals surface area contributed by atoms with Gasteiger partial charge in [0.15, 0.2) is 0 Å². The maximum absolute atomic E-state index is 13.5. The van der Waals surface area contributed by atoms with Gasteiger partial charge in [-0.1, -0.05) is 49.4 Å². The van der Waals surface area contributed by atoms with Crippen LogP contribution in [0, 0.1) is 17.3 Å². The molecular formula is C28H32F3NO4. The molecule has 2 saturated carbocycles. The van der Waals surface area contributed by atoms with Crippen LogP contribution in [0.4, 0.5) is 13.2 Å². The van der Waals surface area contributed by atoms with Gasteiger partial charge in [-0.25, -0.2) is 4.79 Å². The summed E-state index contributed by atoms with van der Waals surface area (Å²) in [6.07, 6.45) is -0.710. The predicted octanol–water partition coefficient (Wildman–Crippen LogP) is 6.52. The Balaban J connectivity index is 1.52. The number of amides is 1. The molecule has 8 heteroatoms. The van der Waals surface area contributed by atoms with Crippen molar-refractivity contribution in [3.63, 3.8) is 0 Å². The number of carboxylic acid groups (broad SMARTS) is 1. The molecule has 2 N–H and O–H groups in total. The highest BCUT2D eigenvalue weighted by molar-refractivity contribution is 6.04. The summed E-state index contributed by atoms with van der Waals surface area (Å²) in [5.74, 6) is -0.970. The van der Waals surface area contributed by atoms with Crippen molar-refractivity contribution >= 4 is 22.6 Å². The van der Waals surface area contributed by atoms with Gasteiger partial charge in [-0.15, -0.1) is 0 Å². The fraction of sp³-hybridized carbons (Fsp3) is 0.500. The number of fused-ring (bicyclic) bond motifs is 1. The summed E-state index contributed by atoms with van der Waals surface area (Å²) in [5, 5.41) is 13.6. The number of allylic oxidation sites excluding steroid dienone is 1. The van der Waals surface area contributed by atoms with Crippen molar-refractivity contribution in [1.29, 1.82) is 0 Å². The molecule has 2 fully saturated rings. The van der Waals surface area contributed by atoms with Crippen LogP contribution in [-0.4, -0.2) is 35.8 Å². The average molecular weight is 504 g/mol. The van der Waals surface area contributed by atoms with E-state index in [4.69, 9.17) is 4.74 Å². The maximum Gasteiger partial charge on any atom is 0.397 e. The summed E-state index contributed by atoms with van der Waals surface area (Å²) in [6.45, 7) is 5.65. The third-order valence-electron chi connectivity index (χ3n) is 7.49. The van der Waals surface area contributed by atoms with Gasteiger partial charge < -0.3 is 15.2 Å². The number of benzene rings is 2. The molecule has 2 aliphatic rings. The van der Waals surface area contributed by atoms with E-state index in [2.05, 4.69) is 18.8 Å². The summed E-state index contributed by atoms with van der Waals surface area (Å²) in [7, 11) is 0. The van der Waals surface area contributed by atoms with Crippen LogP contribution in [0.3, 0.4) is 0 Å². The minimum atomic E-state index is -4.39. The van der Waals surface area contributed by atoms with Crippen molar-refractivity contribution < 1.29 is 32.6 Å². The number of rotatable bonds is 9. The minimum Gasteiger partial charge on any atom is -0.491 e. The van der Waals surface area contributed by atoms with Crippen LogP contribution < -0.4 is 10.1 Å². The van der Waals surface area contributed by atoms with Gasteiger partial charge in [-0.3, -0.25) is 4.79 Å². The largest absolute Gasteiger partial charge is 0.491 e. The lowest BCUT2D eigenvalue weighted by atomic mass is 9.77. The van der Waals surface area contributed by atoms with E-state index in [1.54, 1.807) is 30.3 Å². The Morgan fingerprint density at radius 1 is 1.19 bits per heavy atom. The molecule has 0 spiro atoms. The van der Waals surface area contributed by atoms with Crippen LogP contribution in [0.15, 0.2) is 48.6 Å². The molecule has 2 aromatic carbocycles. The van der Waals surface area contributed by atoms with E-state index >= 15 is 0 Å². The number of hydrogen-bond acceptors (Lipinski definition) is 3. The molecule has 0 saturated heterocycles. The number of carbonyl (C=O) groups excluding carboxylic acids is 1. The first-order valence-corrected chi connectivity index (χ1v) is 12.4. The predicted molar refractivity (Wildman–Crippen MR) is 131 cm³/mol. The number of hydrogen-bond donors (Lipinski definition) is 2. The maximum atomic E-state index is 13.5. The van der Waals surface area contributed by atoms with E-state index in [1.807, 2.05) is 0 Å². The quantitative estimate of drug-likeness (QED) is 0.382. The van der Waals surface area contributed by atoms with Crippen molar-refractivity contribution in [2.75, 3.05) is 6.61 Å². The molecule has 0 heterocycles. The fourth-order valence-corrected chi connectivity index (χ4v) is 5.28. The van der Waals surface area contributed by atoms with E-state index < -0.39 is 36.1 Å². The van der Waals surface area contributed by atoms with Gasteiger partial charge in [0.1, 0.15) is 23.8 Å². The molecule has 0 aliphatic heterocycles. The van der Waals surface area contributed by atoms with Crippen molar-refractivity contribution in [1.82, 2.24) is 5.32 Å². The van der Waals surface area contributed by atoms with Gasteiger partial charge >= 0.3 is 12.1 Å². The Kier molecular flexibility index (Phi) is 7.34. The second kappa shape index (κ2) is 10.1. The number of alkyl halides is 3. The standard InChI is InChI=1S/C28H32F3NO4/c1-17-13-18(2)15-19(14-17)7-10-23(26(34)35)32-25(33)22-9-8-20-5-3-4-6-21(20)24(22)36-16-27(11-12-27)28(29,30)31/h3-6,8-9,18-19,23H,1,7,10-16H2,2H3,(H,32,33)(H,34,35)/t18?,19?,23-/m0/s1. The monoisotopic (exact) mass is 503 g/mol. The van der Waals surface area contributed by atoms with Gasteiger partial charge in [-0.2, -0.15) is 13.2 Å². The number of nitrogens with one attached hydrogen (secondary N) is 1. The Bertz CT molecular complexity index is 1160. The molecule has 194 valence electrons. The highest BCUT2D eigenvalue weighted by atomic mass is 19.4. The first-order chi connectivity index (χ1) is 17.0. The van der Waals surface area contributed by atoms with Crippen LogP contribution in [0.2, 0.25) is 0 Å². The normalized spacial score (nSPS) is 22.2. The number of aliphatic carboxylic acids is 1. The van der Waals surface area contributed by atoms with Crippen molar-refractivity contribution in [2.45, 2.75) is 64.1 Å². The summed E-state index contributed by atoms with van der Waals surface area (Å²) in [6, 6.07) is 9.00. The van der Waals surface area contributed by atoms with E-state index in [0.717, 1.165) is 19.3 Å². The topological polar surface area (TPSA) is 75.6 Å². The third-order valence-corrected chi connectivity index (χ3v) is 7.49. The molecule has 2 aliphatic carbocycles. The molecular weight excluding hydrogens is 471 g/mol. The smallest absolute Gasteiger partial charge is 0.397 e. The molecule has 36 heavy (non-hydrogen) atoms. The molecule has 3 atom stereocenters. The zero-order chi connectivity index (χ0) is 26.1. The SMILES string of the molecule is C=C1CC(C)CC(CC[C@H](NC(=O)c2ccc3ccccc3c2OCC2(C(F)(F)F)CC2)C(=O)O)C1. The van der Waals surface area contributed by atoms with Gasteiger partial charge in [0.2, 0.25) is 0 Å². The average Bonchev–Trinajstić information content (AvgIpc) is 3.60. The number of ether oxygens (including phenoxy) is 1. The Labute approximate surface area is 208 Å². The molecule has 2 unspecified atom stereocenters. The lowest BCUT2D eigenvalue weighted by molar-refractivity contribution is -0.194. The zero-order valence-corrected chi connectivity index (χ0v) is 20.4. The zero-order valence-electron chi connectivity index (χ0n) is 20.4. The molecule has 5 nitrogen and oxygen atoms in total. The molecule has 0 radical (unpaired) electrons. The van der Waals surface area contributed by atoms with Crippen molar-refractivity contribution in [3.8, 4) is 5.75 Å². The van der Waals surface area contributed by atoms with E-state index in [-0.39, 0.29) is 30.6 Å². The Hall–Kier alpha value is -3.03. The van der Waals surface area contributed by atoms with Gasteiger partial charge in [0, 0.05) is 5.39 Å². The van der Waals surface area contributed by atoms with Gasteiger partial charge in [-0.05, 0) is 68.2 Å². The van der Waals surface area contributed by atoms with Crippen molar-refractivity contribution in [3.05, 3.63) is 54.1 Å². The Morgan fingerprint density at radius 2 is 1.92 bits per heavy atom. The Morgan fingerprint density at radius 3 is 2.56 bits per heavy atom.